The second kappa shape index (κ2) is 16.5. The van der Waals surface area contributed by atoms with Crippen molar-refractivity contribution in [3.63, 3.8) is 0 Å². The molecule has 0 amide bonds. The molecule has 300 valence electrons. The topological polar surface area (TPSA) is 6.48 Å². The Morgan fingerprint density at radius 3 is 1.13 bits per heavy atom. The van der Waals surface area contributed by atoms with E-state index in [2.05, 4.69) is 253 Å². The van der Waals surface area contributed by atoms with Gasteiger partial charge in [-0.2, -0.15) is 0 Å². The van der Waals surface area contributed by atoms with Gasteiger partial charge in [0, 0.05) is 34.1 Å². The molecule has 0 aromatic heterocycles. The van der Waals surface area contributed by atoms with Gasteiger partial charge in [-0.05, 0) is 162 Å². The predicted octanol–water partition coefficient (Wildman–Crippen LogP) is 17.5. The van der Waals surface area contributed by atoms with Crippen molar-refractivity contribution in [2.24, 2.45) is 0 Å². The maximum absolute atomic E-state index is 2.43. The van der Waals surface area contributed by atoms with Gasteiger partial charge < -0.3 is 9.80 Å². The quantitative estimate of drug-likeness (QED) is 0.127. The molecule has 2 nitrogen and oxygen atoms in total. The highest BCUT2D eigenvalue weighted by atomic mass is 15.1. The summed E-state index contributed by atoms with van der Waals surface area (Å²) < 4.78 is 0. The Hall–Kier alpha value is -7.94. The zero-order valence-corrected chi connectivity index (χ0v) is 35.3. The smallest absolute Gasteiger partial charge is 0.0468 e. The SMILES string of the molecule is CCCc1ccc2cc(-c3c4ccc(N(c5ccccc5)c5ccccc5)cc4c(-c4ccc5ccccc5c4)c4ccc(N(c5ccccc5)c5ccccc5)cc34)ccc2c1. The van der Waals surface area contributed by atoms with E-state index in [1.165, 1.54) is 70.9 Å². The summed E-state index contributed by atoms with van der Waals surface area (Å²) >= 11 is 0. The number of rotatable bonds is 10. The summed E-state index contributed by atoms with van der Waals surface area (Å²) in [5.74, 6) is 0. The van der Waals surface area contributed by atoms with Gasteiger partial charge in [-0.1, -0.05) is 165 Å². The first-order valence-corrected chi connectivity index (χ1v) is 22.1. The Bertz CT molecular complexity index is 3320. The Kier molecular flexibility index (Phi) is 9.95. The minimum absolute atomic E-state index is 1.08. The first-order valence-electron chi connectivity index (χ1n) is 22.1. The first-order chi connectivity index (χ1) is 31.2. The molecule has 0 heterocycles. The predicted molar refractivity (Wildman–Crippen MR) is 271 cm³/mol. The summed E-state index contributed by atoms with van der Waals surface area (Å²) in [6.07, 6.45) is 2.21. The lowest BCUT2D eigenvalue weighted by molar-refractivity contribution is 0.924. The van der Waals surface area contributed by atoms with E-state index in [4.69, 9.17) is 0 Å². The second-order valence-corrected chi connectivity index (χ2v) is 16.4. The van der Waals surface area contributed by atoms with Crippen LogP contribution < -0.4 is 9.80 Å². The summed E-state index contributed by atoms with van der Waals surface area (Å²) in [5.41, 5.74) is 12.9. The summed E-state index contributed by atoms with van der Waals surface area (Å²) in [4.78, 5) is 4.75. The summed E-state index contributed by atoms with van der Waals surface area (Å²) in [7, 11) is 0. The van der Waals surface area contributed by atoms with Gasteiger partial charge in [0.2, 0.25) is 0 Å². The summed E-state index contributed by atoms with van der Waals surface area (Å²) in [6, 6.07) is 86.8. The van der Waals surface area contributed by atoms with Crippen molar-refractivity contribution in [2.45, 2.75) is 19.8 Å². The molecule has 0 aliphatic rings. The van der Waals surface area contributed by atoms with E-state index in [0.717, 1.165) is 47.0 Å². The standard InChI is InChI=1S/C61H46N2/c1-2-17-43-28-29-47-40-49(33-31-46(47)38-43)61-57-37-35-54(62(50-20-7-3-8-21-50)51-22-9-4-10-23-51)41-58(57)60(48-32-30-44-18-15-16-19-45(44)39-48)56-36-34-55(42-59(56)61)63(52-24-11-5-12-25-52)53-26-13-6-14-27-53/h3-16,18-42H,2,17H2,1H3. The third-order valence-electron chi connectivity index (χ3n) is 12.4. The summed E-state index contributed by atoms with van der Waals surface area (Å²) in [5, 5.41) is 9.80. The highest BCUT2D eigenvalue weighted by Crippen LogP contribution is 2.49. The van der Waals surface area contributed by atoms with Gasteiger partial charge in [0.05, 0.1) is 0 Å². The van der Waals surface area contributed by atoms with Crippen molar-refractivity contribution in [3.05, 3.63) is 242 Å². The van der Waals surface area contributed by atoms with Crippen LogP contribution in [0.15, 0.2) is 237 Å². The molecule has 11 rings (SSSR count). The lowest BCUT2D eigenvalue weighted by Gasteiger charge is -2.28. The lowest BCUT2D eigenvalue weighted by atomic mass is 9.84. The molecule has 0 fully saturated rings. The van der Waals surface area contributed by atoms with Crippen LogP contribution in [0.4, 0.5) is 34.1 Å². The monoisotopic (exact) mass is 806 g/mol. The van der Waals surface area contributed by atoms with Gasteiger partial charge in [-0.25, -0.2) is 0 Å². The van der Waals surface area contributed by atoms with Crippen molar-refractivity contribution < 1.29 is 0 Å². The molecule has 11 aromatic carbocycles. The van der Waals surface area contributed by atoms with Gasteiger partial charge in [0.15, 0.2) is 0 Å². The molecule has 0 aliphatic heterocycles. The van der Waals surface area contributed by atoms with E-state index in [1.807, 2.05) is 0 Å². The van der Waals surface area contributed by atoms with E-state index >= 15 is 0 Å². The van der Waals surface area contributed by atoms with E-state index in [9.17, 15) is 0 Å². The number of para-hydroxylation sites is 4. The molecule has 11 aromatic rings. The highest BCUT2D eigenvalue weighted by Gasteiger charge is 2.22. The van der Waals surface area contributed by atoms with Crippen LogP contribution in [-0.2, 0) is 6.42 Å². The molecule has 0 bridgehead atoms. The van der Waals surface area contributed by atoms with Crippen LogP contribution in [0.5, 0.6) is 0 Å². The Balaban J connectivity index is 1.25. The minimum Gasteiger partial charge on any atom is -0.310 e. The van der Waals surface area contributed by atoms with Gasteiger partial charge in [-0.15, -0.1) is 0 Å². The van der Waals surface area contributed by atoms with Crippen LogP contribution in [0.3, 0.4) is 0 Å². The number of hydrogen-bond acceptors (Lipinski definition) is 2. The molecular formula is C61H46N2. The third kappa shape index (κ3) is 7.16. The van der Waals surface area contributed by atoms with E-state index in [0.29, 0.717) is 0 Å². The minimum atomic E-state index is 1.08. The van der Waals surface area contributed by atoms with Crippen LogP contribution in [0.2, 0.25) is 0 Å². The van der Waals surface area contributed by atoms with Crippen molar-refractivity contribution in [3.8, 4) is 22.3 Å². The molecule has 2 heteroatoms. The van der Waals surface area contributed by atoms with Gasteiger partial charge >= 0.3 is 0 Å². The maximum atomic E-state index is 2.43. The molecule has 0 aliphatic carbocycles. The molecule has 0 atom stereocenters. The number of hydrogen-bond donors (Lipinski definition) is 0. The van der Waals surface area contributed by atoms with Crippen LogP contribution in [-0.4, -0.2) is 0 Å². The fourth-order valence-corrected chi connectivity index (χ4v) is 9.55. The molecule has 0 saturated carbocycles. The largest absolute Gasteiger partial charge is 0.310 e. The number of anilines is 6. The van der Waals surface area contributed by atoms with Crippen LogP contribution in [0.1, 0.15) is 18.9 Å². The van der Waals surface area contributed by atoms with Gasteiger partial charge in [0.1, 0.15) is 0 Å². The molecule has 0 N–H and O–H groups in total. The number of aryl methyl sites for hydroxylation is 1. The first kappa shape index (κ1) is 38.0. The molecule has 0 spiro atoms. The number of benzene rings is 11. The number of nitrogens with zero attached hydrogens (tertiary/aromatic N) is 2. The number of fused-ring (bicyclic) bond motifs is 4. The fourth-order valence-electron chi connectivity index (χ4n) is 9.55. The van der Waals surface area contributed by atoms with E-state index in [1.54, 1.807) is 0 Å². The lowest BCUT2D eigenvalue weighted by Crippen LogP contribution is -2.10. The molecular weight excluding hydrogens is 761 g/mol. The Morgan fingerprint density at radius 2 is 0.667 bits per heavy atom. The molecule has 0 saturated heterocycles. The van der Waals surface area contributed by atoms with Gasteiger partial charge in [-0.3, -0.25) is 0 Å². The Morgan fingerprint density at radius 1 is 0.286 bits per heavy atom. The van der Waals surface area contributed by atoms with Crippen molar-refractivity contribution in [2.75, 3.05) is 9.80 Å². The Labute approximate surface area is 369 Å². The normalized spacial score (nSPS) is 11.4. The average molecular weight is 807 g/mol. The zero-order chi connectivity index (χ0) is 42.1. The molecule has 0 unspecified atom stereocenters. The molecule has 0 radical (unpaired) electrons. The summed E-state index contributed by atoms with van der Waals surface area (Å²) in [6.45, 7) is 2.25. The van der Waals surface area contributed by atoms with Crippen molar-refractivity contribution >= 4 is 77.2 Å². The molecule has 63 heavy (non-hydrogen) atoms. The van der Waals surface area contributed by atoms with Crippen LogP contribution >= 0.6 is 0 Å². The maximum Gasteiger partial charge on any atom is 0.0468 e. The third-order valence-corrected chi connectivity index (χ3v) is 12.4. The van der Waals surface area contributed by atoms with Crippen LogP contribution in [0.25, 0.3) is 65.3 Å². The highest BCUT2D eigenvalue weighted by molar-refractivity contribution is 6.23. The van der Waals surface area contributed by atoms with Gasteiger partial charge in [0.25, 0.3) is 0 Å². The average Bonchev–Trinajstić information content (AvgIpc) is 3.34. The van der Waals surface area contributed by atoms with Crippen LogP contribution in [0, 0.1) is 0 Å². The zero-order valence-electron chi connectivity index (χ0n) is 35.3. The fraction of sp³-hybridized carbons (Fsp3) is 0.0492. The van der Waals surface area contributed by atoms with Crippen molar-refractivity contribution in [1.82, 2.24) is 0 Å². The van der Waals surface area contributed by atoms with E-state index < -0.39 is 0 Å². The van der Waals surface area contributed by atoms with E-state index in [-0.39, 0.29) is 0 Å². The van der Waals surface area contributed by atoms with Crippen molar-refractivity contribution in [1.29, 1.82) is 0 Å². The second-order valence-electron chi connectivity index (χ2n) is 16.4.